The summed E-state index contributed by atoms with van der Waals surface area (Å²) in [4.78, 5) is 22.7. The number of aryl methyl sites for hydroxylation is 1. The first-order valence-corrected chi connectivity index (χ1v) is 7.38. The molecule has 20 heavy (non-hydrogen) atoms. The van der Waals surface area contributed by atoms with E-state index < -0.39 is 0 Å². The van der Waals surface area contributed by atoms with Crippen LogP contribution in [0.5, 0.6) is 0 Å². The van der Waals surface area contributed by atoms with E-state index in [1.165, 1.54) is 0 Å². The van der Waals surface area contributed by atoms with Crippen LogP contribution in [-0.4, -0.2) is 46.6 Å². The van der Waals surface area contributed by atoms with Crippen molar-refractivity contribution >= 4 is 5.91 Å². The average Bonchev–Trinajstić information content (AvgIpc) is 2.89. The third kappa shape index (κ3) is 2.42. The summed E-state index contributed by atoms with van der Waals surface area (Å²) < 4.78 is 5.83. The lowest BCUT2D eigenvalue weighted by molar-refractivity contribution is 0.0602. The predicted molar refractivity (Wildman–Crippen MR) is 74.3 cm³/mol. The minimum Gasteiger partial charge on any atom is -0.378 e. The molecule has 2 saturated heterocycles. The molecule has 3 rings (SSSR count). The van der Waals surface area contributed by atoms with Gasteiger partial charge in [0.2, 0.25) is 0 Å². The van der Waals surface area contributed by atoms with Crippen LogP contribution >= 0.6 is 0 Å². The molecule has 0 radical (unpaired) electrons. The second-order valence-electron chi connectivity index (χ2n) is 5.79. The van der Waals surface area contributed by atoms with Gasteiger partial charge in [0.15, 0.2) is 0 Å². The van der Waals surface area contributed by atoms with Crippen LogP contribution < -0.4 is 0 Å². The van der Waals surface area contributed by atoms with E-state index in [0.29, 0.717) is 23.6 Å². The molecule has 2 aliphatic heterocycles. The molecule has 0 aliphatic carbocycles. The molecule has 2 fully saturated rings. The van der Waals surface area contributed by atoms with Gasteiger partial charge in [0.1, 0.15) is 5.69 Å². The maximum atomic E-state index is 12.4. The number of fused-ring (bicyclic) bond motifs is 1. The zero-order chi connectivity index (χ0) is 14.1. The minimum atomic E-state index is -0.00380. The molecule has 1 aromatic rings. The molecule has 3 heterocycles. The van der Waals surface area contributed by atoms with Gasteiger partial charge in [-0.25, -0.2) is 4.98 Å². The maximum absolute atomic E-state index is 12.4. The largest absolute Gasteiger partial charge is 0.378 e. The number of hydrogen-bond donors (Lipinski definition) is 0. The van der Waals surface area contributed by atoms with Gasteiger partial charge in [-0.15, -0.1) is 0 Å². The molecule has 3 atom stereocenters. The fourth-order valence-corrected chi connectivity index (χ4v) is 3.36. The molecule has 0 unspecified atom stereocenters. The van der Waals surface area contributed by atoms with Gasteiger partial charge in [0.25, 0.3) is 5.91 Å². The van der Waals surface area contributed by atoms with Crippen LogP contribution in [0.25, 0.3) is 0 Å². The Morgan fingerprint density at radius 1 is 1.45 bits per heavy atom. The van der Waals surface area contributed by atoms with Crippen LogP contribution in [0.1, 0.15) is 35.9 Å². The topological polar surface area (TPSA) is 55.3 Å². The summed E-state index contributed by atoms with van der Waals surface area (Å²) in [6.07, 6.45) is 5.71. The van der Waals surface area contributed by atoms with Crippen molar-refractivity contribution < 1.29 is 9.53 Å². The van der Waals surface area contributed by atoms with Gasteiger partial charge < -0.3 is 9.64 Å². The summed E-state index contributed by atoms with van der Waals surface area (Å²) in [5.74, 6) is 1.10. The Labute approximate surface area is 119 Å². The number of aromatic nitrogens is 2. The van der Waals surface area contributed by atoms with Crippen molar-refractivity contribution in [2.24, 2.45) is 11.8 Å². The van der Waals surface area contributed by atoms with Crippen molar-refractivity contribution in [1.29, 1.82) is 0 Å². The van der Waals surface area contributed by atoms with Gasteiger partial charge in [-0.2, -0.15) is 0 Å². The third-order valence-electron chi connectivity index (χ3n) is 4.48. The van der Waals surface area contributed by atoms with Crippen molar-refractivity contribution in [3.63, 3.8) is 0 Å². The molecular formula is C15H21N3O2. The number of carbonyl (C=O) groups excluding carboxylic acids is 1. The summed E-state index contributed by atoms with van der Waals surface area (Å²) in [6, 6.07) is 0. The number of piperidine rings is 1. The average molecular weight is 275 g/mol. The second kappa shape index (κ2) is 5.48. The van der Waals surface area contributed by atoms with E-state index in [1.807, 2.05) is 11.8 Å². The molecule has 0 saturated carbocycles. The zero-order valence-electron chi connectivity index (χ0n) is 12.1. The Hall–Kier alpha value is -1.49. The molecule has 0 spiro atoms. The van der Waals surface area contributed by atoms with E-state index in [1.54, 1.807) is 12.4 Å². The first-order chi connectivity index (χ1) is 9.69. The van der Waals surface area contributed by atoms with Gasteiger partial charge in [-0.05, 0) is 25.7 Å². The Kier molecular flexibility index (Phi) is 3.70. The quantitative estimate of drug-likeness (QED) is 0.824. The van der Waals surface area contributed by atoms with Crippen molar-refractivity contribution in [2.75, 3.05) is 19.7 Å². The van der Waals surface area contributed by atoms with Crippen LogP contribution in [0.4, 0.5) is 0 Å². The molecule has 0 aromatic carbocycles. The van der Waals surface area contributed by atoms with Crippen molar-refractivity contribution in [3.8, 4) is 0 Å². The number of hydrogen-bond acceptors (Lipinski definition) is 4. The fourth-order valence-electron chi connectivity index (χ4n) is 3.36. The van der Waals surface area contributed by atoms with E-state index in [2.05, 4.69) is 16.9 Å². The lowest BCUT2D eigenvalue weighted by Crippen LogP contribution is -2.44. The smallest absolute Gasteiger partial charge is 0.274 e. The van der Waals surface area contributed by atoms with Gasteiger partial charge in [0, 0.05) is 25.2 Å². The zero-order valence-corrected chi connectivity index (χ0v) is 12.1. The predicted octanol–water partition coefficient (Wildman–Crippen LogP) is 1.67. The fraction of sp³-hybridized carbons (Fsp3) is 0.667. The number of carbonyl (C=O) groups is 1. The third-order valence-corrected chi connectivity index (χ3v) is 4.48. The summed E-state index contributed by atoms with van der Waals surface area (Å²) in [5.41, 5.74) is 1.27. The molecule has 0 bridgehead atoms. The second-order valence-corrected chi connectivity index (χ2v) is 5.79. The highest BCUT2D eigenvalue weighted by Crippen LogP contribution is 2.35. The highest BCUT2D eigenvalue weighted by atomic mass is 16.5. The van der Waals surface area contributed by atoms with E-state index in [9.17, 15) is 4.79 Å². The summed E-state index contributed by atoms with van der Waals surface area (Å²) >= 11 is 0. The molecule has 5 nitrogen and oxygen atoms in total. The van der Waals surface area contributed by atoms with Crippen molar-refractivity contribution in [3.05, 3.63) is 23.8 Å². The highest BCUT2D eigenvalue weighted by molar-refractivity contribution is 5.92. The highest BCUT2D eigenvalue weighted by Gasteiger charge is 2.41. The summed E-state index contributed by atoms with van der Waals surface area (Å²) in [6.45, 7) is 6.41. The van der Waals surface area contributed by atoms with E-state index in [0.717, 1.165) is 38.2 Å². The normalized spacial score (nSPS) is 29.3. The SMILES string of the molecule is CC[C@H]1OC[C@H]2CN(C(=O)c3cnc(C)cn3)CC[C@H]21. The van der Waals surface area contributed by atoms with Crippen LogP contribution in [-0.2, 0) is 4.74 Å². The molecule has 108 valence electrons. The first-order valence-electron chi connectivity index (χ1n) is 7.38. The van der Waals surface area contributed by atoms with Crippen LogP contribution in [0.2, 0.25) is 0 Å². The van der Waals surface area contributed by atoms with Gasteiger partial charge >= 0.3 is 0 Å². The Bertz CT molecular complexity index is 488. The molecular weight excluding hydrogens is 254 g/mol. The first kappa shape index (κ1) is 13.5. The molecule has 1 amide bonds. The Morgan fingerprint density at radius 2 is 2.30 bits per heavy atom. The Morgan fingerprint density at radius 3 is 3.00 bits per heavy atom. The van der Waals surface area contributed by atoms with Gasteiger partial charge in [-0.1, -0.05) is 6.92 Å². The number of amides is 1. The summed E-state index contributed by atoms with van der Waals surface area (Å²) in [7, 11) is 0. The molecule has 2 aliphatic rings. The van der Waals surface area contributed by atoms with Gasteiger partial charge in [0.05, 0.1) is 24.6 Å². The molecule has 5 heteroatoms. The molecule has 0 N–H and O–H groups in total. The monoisotopic (exact) mass is 275 g/mol. The minimum absolute atomic E-state index is 0.00380. The number of ether oxygens (including phenoxy) is 1. The maximum Gasteiger partial charge on any atom is 0.274 e. The number of likely N-dealkylation sites (tertiary alicyclic amines) is 1. The van der Waals surface area contributed by atoms with E-state index in [4.69, 9.17) is 4.74 Å². The number of rotatable bonds is 2. The van der Waals surface area contributed by atoms with E-state index >= 15 is 0 Å². The lowest BCUT2D eigenvalue weighted by atomic mass is 9.83. The number of nitrogens with zero attached hydrogens (tertiary/aromatic N) is 3. The molecule has 1 aromatic heterocycles. The van der Waals surface area contributed by atoms with Crippen LogP contribution in [0.15, 0.2) is 12.4 Å². The Balaban J connectivity index is 1.68. The van der Waals surface area contributed by atoms with E-state index in [-0.39, 0.29) is 5.91 Å². The van der Waals surface area contributed by atoms with Crippen molar-refractivity contribution in [2.45, 2.75) is 32.8 Å². The standard InChI is InChI=1S/C15H21N3O2/c1-3-14-12-4-5-18(8-11(12)9-20-14)15(19)13-7-16-10(2)6-17-13/h6-7,11-12,14H,3-5,8-9H2,1-2H3/t11-,12-,14-/m1/s1. The van der Waals surface area contributed by atoms with Crippen molar-refractivity contribution in [1.82, 2.24) is 14.9 Å². The van der Waals surface area contributed by atoms with Crippen LogP contribution in [0.3, 0.4) is 0 Å². The summed E-state index contributed by atoms with van der Waals surface area (Å²) in [5, 5.41) is 0. The van der Waals surface area contributed by atoms with Crippen LogP contribution in [0, 0.1) is 18.8 Å². The lowest BCUT2D eigenvalue weighted by Gasteiger charge is -2.35. The van der Waals surface area contributed by atoms with Gasteiger partial charge in [-0.3, -0.25) is 9.78 Å².